The number of nitrogens with zero attached hydrogens (tertiary/aromatic N) is 2. The van der Waals surface area contributed by atoms with Crippen molar-refractivity contribution in [2.24, 2.45) is 11.8 Å². The van der Waals surface area contributed by atoms with Gasteiger partial charge in [-0.05, 0) is 44.1 Å². The average Bonchev–Trinajstić information content (AvgIpc) is 2.89. The lowest BCUT2D eigenvalue weighted by molar-refractivity contribution is 0.111. The van der Waals surface area contributed by atoms with Crippen molar-refractivity contribution < 1.29 is 4.79 Å². The summed E-state index contributed by atoms with van der Waals surface area (Å²) in [4.78, 5) is 19.7. The fourth-order valence-corrected chi connectivity index (χ4v) is 3.40. The number of rotatable bonds is 2. The Bertz CT molecular complexity index is 430. The Morgan fingerprint density at radius 3 is 2.81 bits per heavy atom. The molecule has 3 rings (SSSR count). The molecular formula is C13H16N2O. The van der Waals surface area contributed by atoms with Crippen molar-refractivity contribution in [1.29, 1.82) is 0 Å². The zero-order valence-electron chi connectivity index (χ0n) is 9.52. The number of carbonyl (C=O) groups excluding carboxylic acids is 1. The first kappa shape index (κ1) is 9.94. The SMILES string of the molecule is Cc1cc(C=O)nc(C2CC3CCC2C3)n1. The van der Waals surface area contributed by atoms with Gasteiger partial charge in [0.2, 0.25) is 0 Å². The van der Waals surface area contributed by atoms with Crippen LogP contribution in [0.4, 0.5) is 0 Å². The maximum absolute atomic E-state index is 10.8. The van der Waals surface area contributed by atoms with E-state index in [4.69, 9.17) is 0 Å². The Morgan fingerprint density at radius 2 is 2.19 bits per heavy atom. The summed E-state index contributed by atoms with van der Waals surface area (Å²) in [6, 6.07) is 1.75. The summed E-state index contributed by atoms with van der Waals surface area (Å²) in [6.45, 7) is 1.94. The van der Waals surface area contributed by atoms with E-state index in [0.717, 1.165) is 29.6 Å². The fourth-order valence-electron chi connectivity index (χ4n) is 3.40. The van der Waals surface area contributed by atoms with Gasteiger partial charge in [0.15, 0.2) is 6.29 Å². The molecule has 3 nitrogen and oxygen atoms in total. The number of fused-ring (bicyclic) bond motifs is 2. The van der Waals surface area contributed by atoms with Crippen molar-refractivity contribution in [3.05, 3.63) is 23.3 Å². The fraction of sp³-hybridized carbons (Fsp3) is 0.615. The lowest BCUT2D eigenvalue weighted by atomic mass is 9.88. The van der Waals surface area contributed by atoms with Gasteiger partial charge in [0, 0.05) is 11.6 Å². The summed E-state index contributed by atoms with van der Waals surface area (Å²) in [5, 5.41) is 0. The molecule has 1 aromatic heterocycles. The molecule has 1 aromatic rings. The minimum atomic E-state index is 0.511. The summed E-state index contributed by atoms with van der Waals surface area (Å²) >= 11 is 0. The Hall–Kier alpha value is -1.25. The van der Waals surface area contributed by atoms with Crippen LogP contribution in [0.3, 0.4) is 0 Å². The molecule has 0 amide bonds. The molecule has 2 bridgehead atoms. The van der Waals surface area contributed by atoms with Crippen molar-refractivity contribution in [3.63, 3.8) is 0 Å². The highest BCUT2D eigenvalue weighted by atomic mass is 16.1. The van der Waals surface area contributed by atoms with Crippen LogP contribution in [0.15, 0.2) is 6.07 Å². The summed E-state index contributed by atoms with van der Waals surface area (Å²) in [5.74, 6) is 3.08. The van der Waals surface area contributed by atoms with Crippen LogP contribution in [0.5, 0.6) is 0 Å². The molecule has 0 spiro atoms. The molecule has 0 saturated heterocycles. The van der Waals surface area contributed by atoms with E-state index in [1.165, 1.54) is 25.7 Å². The first-order valence-electron chi connectivity index (χ1n) is 6.07. The third-order valence-corrected chi connectivity index (χ3v) is 4.08. The van der Waals surface area contributed by atoms with Gasteiger partial charge in [0.05, 0.1) is 0 Å². The molecule has 2 fully saturated rings. The molecule has 2 aliphatic rings. The molecule has 1 heterocycles. The predicted molar refractivity (Wildman–Crippen MR) is 60.3 cm³/mol. The number of aryl methyl sites for hydroxylation is 1. The highest BCUT2D eigenvalue weighted by Crippen LogP contribution is 2.52. The molecule has 0 N–H and O–H groups in total. The number of carbonyl (C=O) groups is 1. The molecule has 0 aromatic carbocycles. The van der Waals surface area contributed by atoms with E-state index >= 15 is 0 Å². The van der Waals surface area contributed by atoms with E-state index in [1.54, 1.807) is 6.07 Å². The van der Waals surface area contributed by atoms with Crippen molar-refractivity contribution in [3.8, 4) is 0 Å². The van der Waals surface area contributed by atoms with E-state index in [9.17, 15) is 4.79 Å². The Labute approximate surface area is 95.3 Å². The number of hydrogen-bond donors (Lipinski definition) is 0. The van der Waals surface area contributed by atoms with Crippen LogP contribution in [-0.4, -0.2) is 16.3 Å². The van der Waals surface area contributed by atoms with Crippen molar-refractivity contribution in [1.82, 2.24) is 9.97 Å². The quantitative estimate of drug-likeness (QED) is 0.713. The molecule has 2 saturated carbocycles. The zero-order chi connectivity index (χ0) is 11.1. The number of hydrogen-bond acceptors (Lipinski definition) is 3. The second kappa shape index (κ2) is 3.65. The van der Waals surface area contributed by atoms with Crippen LogP contribution >= 0.6 is 0 Å². The molecule has 3 heteroatoms. The smallest absolute Gasteiger partial charge is 0.168 e. The molecule has 3 unspecified atom stereocenters. The third-order valence-electron chi connectivity index (χ3n) is 4.08. The van der Waals surface area contributed by atoms with Gasteiger partial charge in [0.1, 0.15) is 11.5 Å². The number of aromatic nitrogens is 2. The monoisotopic (exact) mass is 216 g/mol. The van der Waals surface area contributed by atoms with E-state index < -0.39 is 0 Å². The lowest BCUT2D eigenvalue weighted by Crippen LogP contribution is -2.13. The molecule has 2 aliphatic carbocycles. The molecule has 16 heavy (non-hydrogen) atoms. The lowest BCUT2D eigenvalue weighted by Gasteiger charge is -2.20. The van der Waals surface area contributed by atoms with Gasteiger partial charge >= 0.3 is 0 Å². The Kier molecular flexibility index (Phi) is 2.27. The first-order chi connectivity index (χ1) is 7.76. The minimum Gasteiger partial charge on any atom is -0.296 e. The van der Waals surface area contributed by atoms with Gasteiger partial charge in [-0.3, -0.25) is 4.79 Å². The normalized spacial score (nSPS) is 31.9. The van der Waals surface area contributed by atoms with E-state index in [-0.39, 0.29) is 0 Å². The topological polar surface area (TPSA) is 42.9 Å². The van der Waals surface area contributed by atoms with Crippen molar-refractivity contribution in [2.45, 2.75) is 38.5 Å². The second-order valence-corrected chi connectivity index (χ2v) is 5.19. The largest absolute Gasteiger partial charge is 0.296 e. The summed E-state index contributed by atoms with van der Waals surface area (Å²) in [6.07, 6.45) is 6.10. The Morgan fingerprint density at radius 1 is 1.31 bits per heavy atom. The van der Waals surface area contributed by atoms with Crippen molar-refractivity contribution in [2.75, 3.05) is 0 Å². The van der Waals surface area contributed by atoms with Gasteiger partial charge in [0.25, 0.3) is 0 Å². The van der Waals surface area contributed by atoms with Crippen LogP contribution in [0.25, 0.3) is 0 Å². The molecule has 0 aliphatic heterocycles. The van der Waals surface area contributed by atoms with E-state index in [2.05, 4.69) is 9.97 Å². The maximum atomic E-state index is 10.8. The molecule has 84 valence electrons. The van der Waals surface area contributed by atoms with Crippen LogP contribution < -0.4 is 0 Å². The van der Waals surface area contributed by atoms with Gasteiger partial charge in [-0.1, -0.05) is 6.42 Å². The van der Waals surface area contributed by atoms with Crippen LogP contribution in [0.1, 0.15) is 53.6 Å². The average molecular weight is 216 g/mol. The highest BCUT2D eigenvalue weighted by molar-refractivity contribution is 5.71. The highest BCUT2D eigenvalue weighted by Gasteiger charge is 2.41. The third kappa shape index (κ3) is 1.55. The predicted octanol–water partition coefficient (Wildman–Crippen LogP) is 2.50. The zero-order valence-corrected chi connectivity index (χ0v) is 9.52. The van der Waals surface area contributed by atoms with Crippen molar-refractivity contribution >= 4 is 6.29 Å². The molecule has 0 radical (unpaired) electrons. The number of aldehydes is 1. The van der Waals surface area contributed by atoms with Crippen LogP contribution in [-0.2, 0) is 0 Å². The summed E-state index contributed by atoms with van der Waals surface area (Å²) in [5.41, 5.74) is 1.44. The van der Waals surface area contributed by atoms with Gasteiger partial charge < -0.3 is 0 Å². The van der Waals surface area contributed by atoms with E-state index in [0.29, 0.717) is 11.6 Å². The minimum absolute atomic E-state index is 0.511. The standard InChI is InChI=1S/C13H16N2O/c1-8-4-11(7-16)15-13(14-8)12-6-9-2-3-10(12)5-9/h4,7,9-10,12H,2-3,5-6H2,1H3. The van der Waals surface area contributed by atoms with Gasteiger partial charge in [-0.2, -0.15) is 0 Å². The summed E-state index contributed by atoms with van der Waals surface area (Å²) in [7, 11) is 0. The van der Waals surface area contributed by atoms with Gasteiger partial charge in [-0.25, -0.2) is 9.97 Å². The maximum Gasteiger partial charge on any atom is 0.168 e. The molecular weight excluding hydrogens is 200 g/mol. The van der Waals surface area contributed by atoms with Crippen LogP contribution in [0, 0.1) is 18.8 Å². The Balaban J connectivity index is 1.94. The second-order valence-electron chi connectivity index (χ2n) is 5.19. The summed E-state index contributed by atoms with van der Waals surface area (Å²) < 4.78 is 0. The van der Waals surface area contributed by atoms with Gasteiger partial charge in [-0.15, -0.1) is 0 Å². The van der Waals surface area contributed by atoms with Crippen LogP contribution in [0.2, 0.25) is 0 Å². The molecule has 3 atom stereocenters. The van der Waals surface area contributed by atoms with E-state index in [1.807, 2.05) is 6.92 Å². The first-order valence-corrected chi connectivity index (χ1v) is 6.07.